The lowest BCUT2D eigenvalue weighted by atomic mass is 10.2. The summed E-state index contributed by atoms with van der Waals surface area (Å²) in [5, 5.41) is 23.6. The molecule has 0 aliphatic heterocycles. The number of halogens is 1. The number of nitrogens with one attached hydrogen (secondary N) is 1. The third-order valence-corrected chi connectivity index (χ3v) is 4.01. The molecule has 0 saturated heterocycles. The van der Waals surface area contributed by atoms with Crippen molar-refractivity contribution < 1.29 is 10.2 Å². The van der Waals surface area contributed by atoms with Gasteiger partial charge in [-0.05, 0) is 46.3 Å². The fourth-order valence-corrected chi connectivity index (χ4v) is 2.47. The summed E-state index contributed by atoms with van der Waals surface area (Å²) in [5.74, 6) is 0.327. The van der Waals surface area contributed by atoms with Gasteiger partial charge in [0.25, 0.3) is 0 Å². The van der Waals surface area contributed by atoms with Crippen molar-refractivity contribution in [3.05, 3.63) is 82.6 Å². The molecule has 0 amide bonds. The van der Waals surface area contributed by atoms with Gasteiger partial charge < -0.3 is 10.2 Å². The van der Waals surface area contributed by atoms with Crippen LogP contribution in [0.4, 0.5) is 5.69 Å². The van der Waals surface area contributed by atoms with E-state index < -0.39 is 0 Å². The first kappa shape index (κ1) is 17.6. The molecule has 3 rings (SSSR count). The predicted molar refractivity (Wildman–Crippen MR) is 105 cm³/mol. The Labute approximate surface area is 158 Å². The molecule has 130 valence electrons. The Balaban J connectivity index is 1.87. The summed E-state index contributed by atoms with van der Waals surface area (Å²) in [6.45, 7) is 0. The van der Waals surface area contributed by atoms with Gasteiger partial charge >= 0.3 is 0 Å². The van der Waals surface area contributed by atoms with Crippen LogP contribution in [0.3, 0.4) is 0 Å². The maximum atomic E-state index is 9.89. The monoisotopic (exact) mass is 410 g/mol. The highest BCUT2D eigenvalue weighted by atomic mass is 79.9. The average Bonchev–Trinajstić information content (AvgIpc) is 2.66. The second-order valence-corrected chi connectivity index (χ2v) is 6.10. The molecule has 3 N–H and O–H groups in total. The molecule has 1 aromatic heterocycles. The molecule has 0 spiro atoms. The lowest BCUT2D eigenvalue weighted by Gasteiger charge is -2.06. The molecule has 7 heteroatoms. The highest BCUT2D eigenvalue weighted by molar-refractivity contribution is 9.10. The molecule has 0 unspecified atom stereocenters. The number of rotatable bonds is 4. The summed E-state index contributed by atoms with van der Waals surface area (Å²) >= 11 is 3.21. The first-order chi connectivity index (χ1) is 12.6. The molecule has 0 aliphatic carbocycles. The van der Waals surface area contributed by atoms with E-state index in [0.29, 0.717) is 21.6 Å². The minimum absolute atomic E-state index is 0.0487. The lowest BCUT2D eigenvalue weighted by molar-refractivity contribution is 0.448. The van der Waals surface area contributed by atoms with Crippen LogP contribution < -0.4 is 5.43 Å². The number of amidine groups is 1. The van der Waals surface area contributed by atoms with Gasteiger partial charge in [-0.15, -0.1) is 0 Å². The van der Waals surface area contributed by atoms with Crippen LogP contribution in [0, 0.1) is 0 Å². The molecule has 0 atom stereocenters. The van der Waals surface area contributed by atoms with Crippen molar-refractivity contribution >= 4 is 33.7 Å². The molecule has 6 nitrogen and oxygen atoms in total. The first-order valence-corrected chi connectivity index (χ1v) is 8.48. The number of para-hydroxylation sites is 1. The number of pyridine rings is 1. The summed E-state index contributed by atoms with van der Waals surface area (Å²) in [5.41, 5.74) is 4.68. The second kappa shape index (κ2) is 8.26. The van der Waals surface area contributed by atoms with E-state index in [9.17, 15) is 10.2 Å². The minimum Gasteiger partial charge on any atom is -0.507 e. The number of benzene rings is 2. The standard InChI is InChI=1S/C19H15BrN4O2/c20-15-10-13(17(25)11-18(15)26)12-22-24-19(16-8-4-5-9-21-16)23-14-6-2-1-3-7-14/h1-12,25-26H,(H,23,24)/b22-12+. The van der Waals surface area contributed by atoms with Gasteiger partial charge in [-0.2, -0.15) is 5.10 Å². The van der Waals surface area contributed by atoms with Crippen molar-refractivity contribution in [3.63, 3.8) is 0 Å². The summed E-state index contributed by atoms with van der Waals surface area (Å²) in [6.07, 6.45) is 3.10. The Bertz CT molecular complexity index is 945. The summed E-state index contributed by atoms with van der Waals surface area (Å²) < 4.78 is 0.458. The number of hydrazone groups is 1. The molecule has 2 aromatic carbocycles. The summed E-state index contributed by atoms with van der Waals surface area (Å²) in [7, 11) is 0. The van der Waals surface area contributed by atoms with Crippen molar-refractivity contribution in [1.29, 1.82) is 0 Å². The van der Waals surface area contributed by atoms with Gasteiger partial charge in [-0.1, -0.05) is 24.3 Å². The topological polar surface area (TPSA) is 90.1 Å². The first-order valence-electron chi connectivity index (χ1n) is 7.69. The predicted octanol–water partition coefficient (Wildman–Crippen LogP) is 3.96. The van der Waals surface area contributed by atoms with Crippen molar-refractivity contribution in [1.82, 2.24) is 10.4 Å². The van der Waals surface area contributed by atoms with Crippen molar-refractivity contribution in [3.8, 4) is 11.5 Å². The van der Waals surface area contributed by atoms with E-state index in [0.717, 1.165) is 5.69 Å². The van der Waals surface area contributed by atoms with Crippen LogP contribution in [0.5, 0.6) is 11.5 Å². The third kappa shape index (κ3) is 4.46. The maximum absolute atomic E-state index is 9.89. The second-order valence-electron chi connectivity index (χ2n) is 5.24. The normalized spacial score (nSPS) is 11.7. The Kier molecular flexibility index (Phi) is 5.60. The van der Waals surface area contributed by atoms with Crippen LogP contribution in [0.25, 0.3) is 0 Å². The van der Waals surface area contributed by atoms with Gasteiger partial charge in [0.1, 0.15) is 17.2 Å². The summed E-state index contributed by atoms with van der Waals surface area (Å²) in [6, 6.07) is 17.7. The van der Waals surface area contributed by atoms with Crippen molar-refractivity contribution in [2.45, 2.75) is 0 Å². The SMILES string of the molecule is Oc1cc(O)c(/C=N/NC(=Nc2ccccc2)c2ccccn2)cc1Br. The van der Waals surface area contributed by atoms with E-state index in [-0.39, 0.29) is 11.5 Å². The van der Waals surface area contributed by atoms with Gasteiger partial charge in [-0.25, -0.2) is 4.99 Å². The Morgan fingerprint density at radius 2 is 1.77 bits per heavy atom. The number of nitrogens with zero attached hydrogens (tertiary/aromatic N) is 3. The van der Waals surface area contributed by atoms with Crippen LogP contribution in [0.2, 0.25) is 0 Å². The van der Waals surface area contributed by atoms with E-state index in [1.807, 2.05) is 48.5 Å². The minimum atomic E-state index is -0.0874. The molecule has 0 bridgehead atoms. The molecule has 0 aliphatic rings. The van der Waals surface area contributed by atoms with Gasteiger partial charge in [0, 0.05) is 17.8 Å². The maximum Gasteiger partial charge on any atom is 0.172 e. The molecule has 3 aromatic rings. The Hall–Kier alpha value is -3.19. The number of aromatic nitrogens is 1. The van der Waals surface area contributed by atoms with E-state index in [2.05, 4.69) is 36.4 Å². The summed E-state index contributed by atoms with van der Waals surface area (Å²) in [4.78, 5) is 8.82. The zero-order chi connectivity index (χ0) is 18.4. The lowest BCUT2D eigenvalue weighted by Crippen LogP contribution is -2.20. The Morgan fingerprint density at radius 1 is 1.00 bits per heavy atom. The fraction of sp³-hybridized carbons (Fsp3) is 0. The van der Waals surface area contributed by atoms with Crippen LogP contribution in [0.15, 0.2) is 81.4 Å². The average molecular weight is 411 g/mol. The smallest absolute Gasteiger partial charge is 0.172 e. The quantitative estimate of drug-likeness (QED) is 0.345. The van der Waals surface area contributed by atoms with Gasteiger partial charge in [0.2, 0.25) is 0 Å². The Morgan fingerprint density at radius 3 is 2.50 bits per heavy atom. The highest BCUT2D eigenvalue weighted by Crippen LogP contribution is 2.30. The van der Waals surface area contributed by atoms with Gasteiger partial charge in [0.15, 0.2) is 5.84 Å². The van der Waals surface area contributed by atoms with Crippen molar-refractivity contribution in [2.24, 2.45) is 10.1 Å². The van der Waals surface area contributed by atoms with Gasteiger partial charge in [-0.3, -0.25) is 10.4 Å². The van der Waals surface area contributed by atoms with Gasteiger partial charge in [0.05, 0.1) is 16.4 Å². The molecule has 26 heavy (non-hydrogen) atoms. The van der Waals surface area contributed by atoms with E-state index in [1.165, 1.54) is 12.3 Å². The number of hydrogen-bond acceptors (Lipinski definition) is 5. The van der Waals surface area contributed by atoms with Crippen molar-refractivity contribution in [2.75, 3.05) is 0 Å². The van der Waals surface area contributed by atoms with Crippen LogP contribution >= 0.6 is 15.9 Å². The van der Waals surface area contributed by atoms with Crippen LogP contribution in [-0.2, 0) is 0 Å². The van der Waals surface area contributed by atoms with E-state index >= 15 is 0 Å². The molecule has 0 saturated carbocycles. The zero-order valence-electron chi connectivity index (χ0n) is 13.5. The molecular weight excluding hydrogens is 396 g/mol. The number of hydrogen-bond donors (Lipinski definition) is 3. The van der Waals surface area contributed by atoms with E-state index in [1.54, 1.807) is 12.3 Å². The molecule has 1 heterocycles. The van der Waals surface area contributed by atoms with E-state index in [4.69, 9.17) is 0 Å². The fourth-order valence-electron chi connectivity index (χ4n) is 2.11. The zero-order valence-corrected chi connectivity index (χ0v) is 15.1. The molecular formula is C19H15BrN4O2. The molecule has 0 fully saturated rings. The third-order valence-electron chi connectivity index (χ3n) is 3.37. The number of aromatic hydroxyl groups is 2. The van der Waals surface area contributed by atoms with Crippen LogP contribution in [-0.4, -0.2) is 27.2 Å². The molecule has 0 radical (unpaired) electrons. The number of aliphatic imine (C=N–C) groups is 1. The highest BCUT2D eigenvalue weighted by Gasteiger charge is 2.06. The van der Waals surface area contributed by atoms with Crippen LogP contribution in [0.1, 0.15) is 11.3 Å². The largest absolute Gasteiger partial charge is 0.507 e. The number of phenolic OH excluding ortho intramolecular Hbond substituents is 2. The number of phenols is 2.